The van der Waals surface area contributed by atoms with Crippen molar-refractivity contribution in [3.8, 4) is 0 Å². The van der Waals surface area contributed by atoms with Gasteiger partial charge in [0.05, 0.1) is 12.3 Å². The van der Waals surface area contributed by atoms with Gasteiger partial charge in [0.1, 0.15) is 5.76 Å². The Labute approximate surface area is 138 Å². The third kappa shape index (κ3) is 4.66. The lowest BCUT2D eigenvalue weighted by molar-refractivity contribution is 0.146. The Balaban J connectivity index is 0.00000200. The van der Waals surface area contributed by atoms with E-state index in [2.05, 4.69) is 26.6 Å². The minimum Gasteiger partial charge on any atom is -0.468 e. The first-order valence-corrected chi connectivity index (χ1v) is 7.01. The summed E-state index contributed by atoms with van der Waals surface area (Å²) in [4.78, 5) is 6.65. The maximum Gasteiger partial charge on any atom is 0.190 e. The Hall–Kier alpha value is -0.760. The standard InChI is InChI=1S/C14H24N4O.HI/c1-15-14(16-2)17-11-12(13-7-6-10-19-13)18-8-4-3-5-9-18;/h6-7,10,12H,3-5,8-9,11H2,1-2H3,(H2,15,16,17);1H. The maximum atomic E-state index is 5.61. The van der Waals surface area contributed by atoms with Crippen LogP contribution in [0.2, 0.25) is 0 Å². The van der Waals surface area contributed by atoms with Crippen molar-refractivity contribution in [1.82, 2.24) is 15.5 Å². The molecule has 0 aromatic carbocycles. The second-order valence-electron chi connectivity index (χ2n) is 4.83. The van der Waals surface area contributed by atoms with E-state index < -0.39 is 0 Å². The van der Waals surface area contributed by atoms with Crippen LogP contribution in [0.5, 0.6) is 0 Å². The van der Waals surface area contributed by atoms with Crippen molar-refractivity contribution in [2.24, 2.45) is 4.99 Å². The summed E-state index contributed by atoms with van der Waals surface area (Å²) in [5.41, 5.74) is 0. The highest BCUT2D eigenvalue weighted by Crippen LogP contribution is 2.24. The molecule has 0 amide bonds. The minimum absolute atomic E-state index is 0. The molecule has 1 atom stereocenters. The molecule has 1 fully saturated rings. The molecule has 0 aliphatic carbocycles. The summed E-state index contributed by atoms with van der Waals surface area (Å²) in [7, 11) is 3.65. The molecule has 1 aliphatic heterocycles. The first-order valence-electron chi connectivity index (χ1n) is 7.01. The Kier molecular flexibility index (Phi) is 7.98. The molecule has 1 saturated heterocycles. The van der Waals surface area contributed by atoms with Gasteiger partial charge in [0, 0.05) is 20.6 Å². The number of likely N-dealkylation sites (tertiary alicyclic amines) is 1. The van der Waals surface area contributed by atoms with Gasteiger partial charge < -0.3 is 15.1 Å². The van der Waals surface area contributed by atoms with Crippen LogP contribution in [0.15, 0.2) is 27.8 Å². The third-order valence-corrected chi connectivity index (χ3v) is 3.63. The topological polar surface area (TPSA) is 52.8 Å². The third-order valence-electron chi connectivity index (χ3n) is 3.63. The number of nitrogens with one attached hydrogen (secondary N) is 2. The molecule has 1 aromatic heterocycles. The maximum absolute atomic E-state index is 5.61. The van der Waals surface area contributed by atoms with Gasteiger partial charge in [0.25, 0.3) is 0 Å². The van der Waals surface area contributed by atoms with Crippen LogP contribution >= 0.6 is 24.0 Å². The number of hydrogen-bond acceptors (Lipinski definition) is 3. The molecule has 0 spiro atoms. The first kappa shape index (κ1) is 17.3. The van der Waals surface area contributed by atoms with Crippen LogP contribution in [0.1, 0.15) is 31.1 Å². The lowest BCUT2D eigenvalue weighted by Crippen LogP contribution is -2.43. The normalized spacial score (nSPS) is 18.2. The molecular weight excluding hydrogens is 367 g/mol. The van der Waals surface area contributed by atoms with E-state index >= 15 is 0 Å². The lowest BCUT2D eigenvalue weighted by atomic mass is 10.1. The predicted molar refractivity (Wildman–Crippen MR) is 92.7 cm³/mol. The number of rotatable bonds is 4. The largest absolute Gasteiger partial charge is 0.468 e. The van der Waals surface area contributed by atoms with Crippen LogP contribution in [0.25, 0.3) is 0 Å². The number of hydrogen-bond donors (Lipinski definition) is 2. The van der Waals surface area contributed by atoms with E-state index in [1.54, 1.807) is 13.3 Å². The summed E-state index contributed by atoms with van der Waals surface area (Å²) in [5, 5.41) is 6.39. The van der Waals surface area contributed by atoms with Crippen molar-refractivity contribution in [2.45, 2.75) is 25.3 Å². The highest BCUT2D eigenvalue weighted by molar-refractivity contribution is 14.0. The van der Waals surface area contributed by atoms with Crippen LogP contribution in [0, 0.1) is 0 Å². The molecule has 2 rings (SSSR count). The Bertz CT molecular complexity index is 388. The van der Waals surface area contributed by atoms with Gasteiger partial charge in [-0.1, -0.05) is 6.42 Å². The molecule has 0 bridgehead atoms. The van der Waals surface area contributed by atoms with Gasteiger partial charge in [-0.05, 0) is 38.1 Å². The molecule has 5 nitrogen and oxygen atoms in total. The van der Waals surface area contributed by atoms with Gasteiger partial charge in [-0.15, -0.1) is 24.0 Å². The monoisotopic (exact) mass is 392 g/mol. The number of nitrogens with zero attached hydrogens (tertiary/aromatic N) is 2. The zero-order chi connectivity index (χ0) is 13.5. The van der Waals surface area contributed by atoms with Crippen molar-refractivity contribution >= 4 is 29.9 Å². The van der Waals surface area contributed by atoms with Gasteiger partial charge in [-0.3, -0.25) is 9.89 Å². The fraction of sp³-hybridized carbons (Fsp3) is 0.643. The quantitative estimate of drug-likeness (QED) is 0.469. The zero-order valence-electron chi connectivity index (χ0n) is 12.3. The molecule has 20 heavy (non-hydrogen) atoms. The average molecular weight is 392 g/mol. The van der Waals surface area contributed by atoms with Gasteiger partial charge in [0.2, 0.25) is 0 Å². The number of furan rings is 1. The van der Waals surface area contributed by atoms with Crippen molar-refractivity contribution in [2.75, 3.05) is 33.7 Å². The van der Waals surface area contributed by atoms with E-state index in [9.17, 15) is 0 Å². The predicted octanol–water partition coefficient (Wildman–Crippen LogP) is 2.22. The van der Waals surface area contributed by atoms with Crippen molar-refractivity contribution in [1.29, 1.82) is 0 Å². The van der Waals surface area contributed by atoms with E-state index in [-0.39, 0.29) is 30.0 Å². The van der Waals surface area contributed by atoms with Gasteiger partial charge in [0.15, 0.2) is 5.96 Å². The number of guanidine groups is 1. The average Bonchev–Trinajstić information content (AvgIpc) is 2.99. The summed E-state index contributed by atoms with van der Waals surface area (Å²) >= 11 is 0. The molecule has 0 radical (unpaired) electrons. The van der Waals surface area contributed by atoms with Crippen LogP contribution < -0.4 is 10.6 Å². The Morgan fingerprint density at radius 2 is 2.15 bits per heavy atom. The van der Waals surface area contributed by atoms with Crippen molar-refractivity contribution in [3.05, 3.63) is 24.2 Å². The molecule has 0 saturated carbocycles. The van der Waals surface area contributed by atoms with E-state index in [0.717, 1.165) is 31.4 Å². The fourth-order valence-electron chi connectivity index (χ4n) is 2.59. The Morgan fingerprint density at radius 3 is 2.70 bits per heavy atom. The van der Waals surface area contributed by atoms with E-state index in [1.165, 1.54) is 19.3 Å². The molecule has 114 valence electrons. The fourth-order valence-corrected chi connectivity index (χ4v) is 2.59. The summed E-state index contributed by atoms with van der Waals surface area (Å²) in [6.45, 7) is 3.09. The summed E-state index contributed by atoms with van der Waals surface area (Å²) in [6, 6.07) is 4.29. The molecule has 6 heteroatoms. The van der Waals surface area contributed by atoms with Crippen molar-refractivity contribution < 1.29 is 4.42 Å². The summed E-state index contributed by atoms with van der Waals surface area (Å²) in [5.74, 6) is 1.84. The van der Waals surface area contributed by atoms with Crippen LogP contribution in [-0.2, 0) is 0 Å². The SMILES string of the molecule is CN=C(NC)NCC(c1ccco1)N1CCCCC1.I. The summed E-state index contributed by atoms with van der Waals surface area (Å²) in [6.07, 6.45) is 5.64. The van der Waals surface area contributed by atoms with Gasteiger partial charge >= 0.3 is 0 Å². The molecule has 1 aliphatic rings. The van der Waals surface area contributed by atoms with E-state index in [0.29, 0.717) is 0 Å². The molecule has 1 aromatic rings. The van der Waals surface area contributed by atoms with Gasteiger partial charge in [-0.25, -0.2) is 0 Å². The highest BCUT2D eigenvalue weighted by Gasteiger charge is 2.24. The smallest absolute Gasteiger partial charge is 0.190 e. The molecular formula is C14H25IN4O. The van der Waals surface area contributed by atoms with Crippen molar-refractivity contribution in [3.63, 3.8) is 0 Å². The van der Waals surface area contributed by atoms with Crippen LogP contribution in [0.3, 0.4) is 0 Å². The Morgan fingerprint density at radius 1 is 1.40 bits per heavy atom. The minimum atomic E-state index is 0. The van der Waals surface area contributed by atoms with Gasteiger partial charge in [-0.2, -0.15) is 0 Å². The van der Waals surface area contributed by atoms with E-state index in [4.69, 9.17) is 4.42 Å². The van der Waals surface area contributed by atoms with E-state index in [1.807, 2.05) is 13.1 Å². The second-order valence-corrected chi connectivity index (χ2v) is 4.83. The number of halogens is 1. The highest BCUT2D eigenvalue weighted by atomic mass is 127. The first-order chi connectivity index (χ1) is 9.35. The number of aliphatic imine (C=N–C) groups is 1. The van der Waals surface area contributed by atoms with Crippen LogP contribution in [0.4, 0.5) is 0 Å². The molecule has 2 N–H and O–H groups in total. The summed E-state index contributed by atoms with van der Waals surface area (Å²) < 4.78 is 5.61. The zero-order valence-corrected chi connectivity index (χ0v) is 14.6. The molecule has 1 unspecified atom stereocenters. The second kappa shape index (κ2) is 9.23. The number of piperidine rings is 1. The van der Waals surface area contributed by atoms with Crippen LogP contribution in [-0.4, -0.2) is 44.6 Å². The molecule has 2 heterocycles. The lowest BCUT2D eigenvalue weighted by Gasteiger charge is -2.33.